The molecule has 0 aliphatic carbocycles. The van der Waals surface area contributed by atoms with Crippen LogP contribution in [0, 0.1) is 5.92 Å². The van der Waals surface area contributed by atoms with E-state index in [4.69, 9.17) is 9.47 Å². The summed E-state index contributed by atoms with van der Waals surface area (Å²) in [5.74, 6) is 2.66. The summed E-state index contributed by atoms with van der Waals surface area (Å²) < 4.78 is 14.1. The maximum atomic E-state index is 5.98. The number of anilines is 1. The van der Waals surface area contributed by atoms with Crippen LogP contribution >= 0.6 is 0 Å². The molecule has 2 saturated heterocycles. The number of hydrogen-bond acceptors (Lipinski definition) is 5. The topological polar surface area (TPSA) is 52.4 Å². The molecule has 0 N–H and O–H groups in total. The fraction of sp³-hybridized carbons (Fsp3) is 0.889. The molecule has 1 aromatic rings. The van der Waals surface area contributed by atoms with Crippen LogP contribution in [-0.4, -0.2) is 53.3 Å². The van der Waals surface area contributed by atoms with Gasteiger partial charge >= 0.3 is 0 Å². The highest BCUT2D eigenvalue weighted by Gasteiger charge is 2.25. The average Bonchev–Trinajstić information content (AvgIpc) is 2.79. The van der Waals surface area contributed by atoms with Crippen LogP contribution < -0.4 is 4.90 Å². The Morgan fingerprint density at radius 2 is 1.96 bits per heavy atom. The van der Waals surface area contributed by atoms with Crippen LogP contribution in [0.15, 0.2) is 0 Å². The van der Waals surface area contributed by atoms with Crippen molar-refractivity contribution in [3.63, 3.8) is 0 Å². The predicted molar refractivity (Wildman–Crippen MR) is 94.4 cm³/mol. The third-order valence-electron chi connectivity index (χ3n) is 4.79. The summed E-state index contributed by atoms with van der Waals surface area (Å²) in [6, 6.07) is 0. The lowest BCUT2D eigenvalue weighted by Gasteiger charge is -2.28. The number of aromatic nitrogens is 3. The summed E-state index contributed by atoms with van der Waals surface area (Å²) in [5.41, 5.74) is 0. The summed E-state index contributed by atoms with van der Waals surface area (Å²) >= 11 is 0. The minimum atomic E-state index is 0.233. The fourth-order valence-electron chi connectivity index (χ4n) is 3.59. The minimum absolute atomic E-state index is 0.233. The number of ether oxygens (including phenoxy) is 2. The SMILES string of the molecule is CC(C)Cc1nnc(N2CCCOC(C)C2)n1CC1CCCCO1. The standard InChI is InChI=1S/C18H32N4O2/c1-14(2)11-17-19-20-18(21-8-6-10-23-15(3)12-21)22(17)13-16-7-4-5-9-24-16/h14-16H,4-13H2,1-3H3. The van der Waals surface area contributed by atoms with E-state index in [0.29, 0.717) is 12.0 Å². The van der Waals surface area contributed by atoms with E-state index < -0.39 is 0 Å². The van der Waals surface area contributed by atoms with Gasteiger partial charge in [0.25, 0.3) is 0 Å². The first-order valence-corrected chi connectivity index (χ1v) is 9.53. The van der Waals surface area contributed by atoms with Crippen molar-refractivity contribution >= 4 is 5.95 Å². The molecule has 6 nitrogen and oxygen atoms in total. The van der Waals surface area contributed by atoms with Crippen molar-refractivity contribution in [1.29, 1.82) is 0 Å². The molecule has 0 bridgehead atoms. The zero-order valence-electron chi connectivity index (χ0n) is 15.4. The van der Waals surface area contributed by atoms with E-state index in [2.05, 4.69) is 40.4 Å². The predicted octanol–water partition coefficient (Wildman–Crippen LogP) is 2.66. The lowest BCUT2D eigenvalue weighted by atomic mass is 10.1. The lowest BCUT2D eigenvalue weighted by molar-refractivity contribution is 0.00562. The maximum absolute atomic E-state index is 5.98. The molecule has 6 heteroatoms. The monoisotopic (exact) mass is 336 g/mol. The van der Waals surface area contributed by atoms with Gasteiger partial charge in [-0.2, -0.15) is 0 Å². The van der Waals surface area contributed by atoms with Gasteiger partial charge in [-0.3, -0.25) is 4.57 Å². The lowest BCUT2D eigenvalue weighted by Crippen LogP contribution is -2.34. The smallest absolute Gasteiger partial charge is 0.227 e. The first-order valence-electron chi connectivity index (χ1n) is 9.53. The molecule has 0 spiro atoms. The third kappa shape index (κ3) is 4.48. The molecule has 136 valence electrons. The second-order valence-corrected chi connectivity index (χ2v) is 7.59. The average molecular weight is 336 g/mol. The molecule has 0 amide bonds. The van der Waals surface area contributed by atoms with Crippen molar-refractivity contribution in [2.24, 2.45) is 5.92 Å². The molecule has 2 unspecified atom stereocenters. The number of rotatable bonds is 5. The highest BCUT2D eigenvalue weighted by molar-refractivity contribution is 5.32. The molecule has 0 saturated carbocycles. The van der Waals surface area contributed by atoms with Gasteiger partial charge in [-0.1, -0.05) is 13.8 Å². The second-order valence-electron chi connectivity index (χ2n) is 7.59. The van der Waals surface area contributed by atoms with Gasteiger partial charge in [-0.15, -0.1) is 10.2 Å². The molecule has 2 aliphatic rings. The Morgan fingerprint density at radius 1 is 1.12 bits per heavy atom. The largest absolute Gasteiger partial charge is 0.377 e. The van der Waals surface area contributed by atoms with Gasteiger partial charge in [-0.25, -0.2) is 0 Å². The highest BCUT2D eigenvalue weighted by Crippen LogP contribution is 2.22. The molecule has 3 heterocycles. The minimum Gasteiger partial charge on any atom is -0.377 e. The Hall–Kier alpha value is -1.14. The summed E-state index contributed by atoms with van der Waals surface area (Å²) in [5, 5.41) is 9.09. The van der Waals surface area contributed by atoms with Crippen LogP contribution in [0.4, 0.5) is 5.95 Å². The Bertz CT molecular complexity index is 511. The molecule has 2 fully saturated rings. The van der Waals surface area contributed by atoms with Crippen molar-refractivity contribution in [3.8, 4) is 0 Å². The normalized spacial score (nSPS) is 25.9. The van der Waals surface area contributed by atoms with Gasteiger partial charge in [0.05, 0.1) is 18.8 Å². The maximum Gasteiger partial charge on any atom is 0.227 e. The van der Waals surface area contributed by atoms with Crippen molar-refractivity contribution in [2.45, 2.75) is 71.6 Å². The first kappa shape index (κ1) is 17.7. The van der Waals surface area contributed by atoms with Crippen LogP contribution in [-0.2, 0) is 22.4 Å². The Morgan fingerprint density at radius 3 is 2.71 bits per heavy atom. The second kappa shape index (κ2) is 8.30. The molecule has 0 aromatic carbocycles. The van der Waals surface area contributed by atoms with Gasteiger partial charge in [0.1, 0.15) is 5.82 Å². The Kier molecular flexibility index (Phi) is 6.11. The summed E-state index contributed by atoms with van der Waals surface area (Å²) in [6.07, 6.45) is 6.10. The summed E-state index contributed by atoms with van der Waals surface area (Å²) in [4.78, 5) is 2.34. The van der Waals surface area contributed by atoms with E-state index >= 15 is 0 Å². The first-order chi connectivity index (χ1) is 11.6. The van der Waals surface area contributed by atoms with Gasteiger partial charge < -0.3 is 14.4 Å². The molecule has 3 rings (SSSR count). The van der Waals surface area contributed by atoms with E-state index in [-0.39, 0.29) is 6.10 Å². The molecule has 2 aliphatic heterocycles. The highest BCUT2D eigenvalue weighted by atomic mass is 16.5. The van der Waals surface area contributed by atoms with Crippen molar-refractivity contribution in [3.05, 3.63) is 5.82 Å². The van der Waals surface area contributed by atoms with E-state index in [1.165, 1.54) is 12.8 Å². The Labute approximate surface area is 145 Å². The van der Waals surface area contributed by atoms with Gasteiger partial charge in [0.15, 0.2) is 0 Å². The molecule has 1 aromatic heterocycles. The fourth-order valence-corrected chi connectivity index (χ4v) is 3.59. The number of nitrogens with zero attached hydrogens (tertiary/aromatic N) is 4. The van der Waals surface area contributed by atoms with E-state index in [0.717, 1.165) is 63.9 Å². The molecule has 24 heavy (non-hydrogen) atoms. The molecular formula is C18H32N4O2. The van der Waals surface area contributed by atoms with Gasteiger partial charge in [0.2, 0.25) is 5.95 Å². The van der Waals surface area contributed by atoms with E-state index in [1.54, 1.807) is 0 Å². The van der Waals surface area contributed by atoms with Gasteiger partial charge in [0, 0.05) is 32.7 Å². The van der Waals surface area contributed by atoms with Crippen LogP contribution in [0.1, 0.15) is 52.3 Å². The van der Waals surface area contributed by atoms with Crippen LogP contribution in [0.2, 0.25) is 0 Å². The zero-order chi connectivity index (χ0) is 16.9. The quantitative estimate of drug-likeness (QED) is 0.827. The summed E-state index contributed by atoms with van der Waals surface area (Å²) in [6.45, 7) is 11.1. The van der Waals surface area contributed by atoms with E-state index in [1.807, 2.05) is 0 Å². The van der Waals surface area contributed by atoms with Crippen LogP contribution in [0.5, 0.6) is 0 Å². The van der Waals surface area contributed by atoms with Crippen molar-refractivity contribution in [2.75, 3.05) is 31.2 Å². The zero-order valence-corrected chi connectivity index (χ0v) is 15.4. The molecule has 0 radical (unpaired) electrons. The summed E-state index contributed by atoms with van der Waals surface area (Å²) in [7, 11) is 0. The van der Waals surface area contributed by atoms with Crippen molar-refractivity contribution < 1.29 is 9.47 Å². The third-order valence-corrected chi connectivity index (χ3v) is 4.79. The van der Waals surface area contributed by atoms with Gasteiger partial charge in [-0.05, 0) is 38.5 Å². The van der Waals surface area contributed by atoms with Crippen molar-refractivity contribution in [1.82, 2.24) is 14.8 Å². The molecule has 2 atom stereocenters. The molecular weight excluding hydrogens is 304 g/mol. The van der Waals surface area contributed by atoms with E-state index in [9.17, 15) is 0 Å². The number of hydrogen-bond donors (Lipinski definition) is 0. The van der Waals surface area contributed by atoms with Crippen LogP contribution in [0.3, 0.4) is 0 Å². The van der Waals surface area contributed by atoms with Crippen LogP contribution in [0.25, 0.3) is 0 Å². The Balaban J connectivity index is 1.82.